The Bertz CT molecular complexity index is 278. The number of rotatable bonds is 5. The number of hydrogen-bond donors (Lipinski definition) is 1. The molecule has 0 fully saturated rings. The highest BCUT2D eigenvalue weighted by Gasteiger charge is 2.14. The molecule has 1 heterocycles. The van der Waals surface area contributed by atoms with Gasteiger partial charge in [-0.05, 0) is 21.8 Å². The van der Waals surface area contributed by atoms with Crippen LogP contribution in [-0.2, 0) is 4.74 Å². The lowest BCUT2D eigenvalue weighted by atomic mass is 10.1. The first-order valence-corrected chi connectivity index (χ1v) is 6.17. The Morgan fingerprint density at radius 2 is 2.36 bits per heavy atom. The van der Waals surface area contributed by atoms with Gasteiger partial charge in [0.25, 0.3) is 0 Å². The number of methoxy groups -OCH3 is 1. The normalized spacial score (nSPS) is 13.2. The lowest BCUT2D eigenvalue weighted by molar-refractivity contribution is 0.171. The Morgan fingerprint density at radius 3 is 2.79 bits per heavy atom. The highest BCUT2D eigenvalue weighted by atomic mass is 79.9. The van der Waals surface area contributed by atoms with E-state index in [2.05, 4.69) is 40.1 Å². The van der Waals surface area contributed by atoms with Crippen LogP contribution < -0.4 is 5.32 Å². The second kappa shape index (κ2) is 5.68. The summed E-state index contributed by atoms with van der Waals surface area (Å²) < 4.78 is 6.03. The molecule has 80 valence electrons. The van der Waals surface area contributed by atoms with Gasteiger partial charge in [-0.15, -0.1) is 11.3 Å². The Labute approximate surface area is 97.0 Å². The number of nitrogens with zero attached hydrogens (tertiary/aromatic N) is 1. The van der Waals surface area contributed by atoms with Crippen LogP contribution >= 0.6 is 27.3 Å². The minimum absolute atomic E-state index is 0.318. The molecule has 0 saturated carbocycles. The van der Waals surface area contributed by atoms with E-state index >= 15 is 0 Å². The molecule has 0 aliphatic carbocycles. The van der Waals surface area contributed by atoms with Crippen molar-refractivity contribution >= 4 is 32.4 Å². The molecule has 1 N–H and O–H groups in total. The molecule has 0 aliphatic heterocycles. The van der Waals surface area contributed by atoms with E-state index in [0.29, 0.717) is 18.6 Å². The van der Waals surface area contributed by atoms with E-state index in [9.17, 15) is 0 Å². The quantitative estimate of drug-likeness (QED) is 0.899. The SMILES string of the molecule is COCC(Nc1nc(Br)cs1)C(C)C. The predicted octanol–water partition coefficient (Wildman–Crippen LogP) is 2.99. The third-order valence-corrected chi connectivity index (χ3v) is 3.42. The van der Waals surface area contributed by atoms with Crippen LogP contribution in [0.25, 0.3) is 0 Å². The number of aromatic nitrogens is 1. The first-order chi connectivity index (χ1) is 6.63. The van der Waals surface area contributed by atoms with Crippen molar-refractivity contribution in [2.24, 2.45) is 5.92 Å². The fourth-order valence-electron chi connectivity index (χ4n) is 1.06. The van der Waals surface area contributed by atoms with Crippen molar-refractivity contribution < 1.29 is 4.74 Å². The summed E-state index contributed by atoms with van der Waals surface area (Å²) in [4.78, 5) is 4.28. The zero-order valence-corrected chi connectivity index (χ0v) is 11.0. The molecule has 1 aromatic heterocycles. The Kier molecular flexibility index (Phi) is 4.84. The fraction of sp³-hybridized carbons (Fsp3) is 0.667. The molecule has 5 heteroatoms. The number of ether oxygens (including phenoxy) is 1. The molecule has 0 radical (unpaired) electrons. The van der Waals surface area contributed by atoms with Crippen molar-refractivity contribution in [3.63, 3.8) is 0 Å². The van der Waals surface area contributed by atoms with E-state index < -0.39 is 0 Å². The van der Waals surface area contributed by atoms with Gasteiger partial charge in [-0.2, -0.15) is 0 Å². The number of nitrogens with one attached hydrogen (secondary N) is 1. The molecule has 0 amide bonds. The maximum absolute atomic E-state index is 5.15. The van der Waals surface area contributed by atoms with Gasteiger partial charge in [0.05, 0.1) is 12.6 Å². The van der Waals surface area contributed by atoms with E-state index in [1.807, 2.05) is 5.38 Å². The van der Waals surface area contributed by atoms with Crippen molar-refractivity contribution in [3.05, 3.63) is 9.98 Å². The third-order valence-electron chi connectivity index (χ3n) is 1.94. The third kappa shape index (κ3) is 3.55. The van der Waals surface area contributed by atoms with E-state index in [4.69, 9.17) is 4.74 Å². The van der Waals surface area contributed by atoms with Gasteiger partial charge in [-0.1, -0.05) is 13.8 Å². The molecule has 14 heavy (non-hydrogen) atoms. The number of anilines is 1. The van der Waals surface area contributed by atoms with Gasteiger partial charge in [-0.25, -0.2) is 4.98 Å². The number of halogens is 1. The van der Waals surface area contributed by atoms with Crippen molar-refractivity contribution in [3.8, 4) is 0 Å². The molecule has 0 spiro atoms. The summed E-state index contributed by atoms with van der Waals surface area (Å²) in [5.41, 5.74) is 0. The Hall–Kier alpha value is -0.130. The van der Waals surface area contributed by atoms with Crippen LogP contribution in [0.4, 0.5) is 5.13 Å². The molecule has 1 unspecified atom stereocenters. The summed E-state index contributed by atoms with van der Waals surface area (Å²) >= 11 is 4.92. The minimum atomic E-state index is 0.318. The molecule has 0 bridgehead atoms. The van der Waals surface area contributed by atoms with Crippen LogP contribution in [0.1, 0.15) is 13.8 Å². The lowest BCUT2D eigenvalue weighted by Crippen LogP contribution is -2.30. The Morgan fingerprint density at radius 1 is 1.64 bits per heavy atom. The minimum Gasteiger partial charge on any atom is -0.383 e. The molecule has 1 rings (SSSR count). The van der Waals surface area contributed by atoms with Gasteiger partial charge < -0.3 is 10.1 Å². The smallest absolute Gasteiger partial charge is 0.184 e. The zero-order chi connectivity index (χ0) is 10.6. The van der Waals surface area contributed by atoms with Crippen LogP contribution in [0.15, 0.2) is 9.98 Å². The first kappa shape index (κ1) is 11.9. The van der Waals surface area contributed by atoms with Crippen molar-refractivity contribution in [2.75, 3.05) is 19.0 Å². The van der Waals surface area contributed by atoms with Gasteiger partial charge in [-0.3, -0.25) is 0 Å². The van der Waals surface area contributed by atoms with Crippen LogP contribution in [0.2, 0.25) is 0 Å². The van der Waals surface area contributed by atoms with Crippen molar-refractivity contribution in [1.29, 1.82) is 0 Å². The number of thiazole rings is 1. The predicted molar refractivity (Wildman–Crippen MR) is 63.9 cm³/mol. The first-order valence-electron chi connectivity index (χ1n) is 4.50. The molecule has 3 nitrogen and oxygen atoms in total. The molecular weight excluding hydrogens is 264 g/mol. The van der Waals surface area contributed by atoms with Crippen LogP contribution in [-0.4, -0.2) is 24.7 Å². The molecule has 1 aromatic rings. The molecule has 0 saturated heterocycles. The second-order valence-corrected chi connectivity index (χ2v) is 5.10. The molecule has 1 atom stereocenters. The average Bonchev–Trinajstić information content (AvgIpc) is 2.50. The van der Waals surface area contributed by atoms with Crippen LogP contribution in [0.3, 0.4) is 0 Å². The van der Waals surface area contributed by atoms with Gasteiger partial charge in [0.2, 0.25) is 0 Å². The lowest BCUT2D eigenvalue weighted by Gasteiger charge is -2.20. The van der Waals surface area contributed by atoms with E-state index in [1.54, 1.807) is 18.4 Å². The molecule has 0 aromatic carbocycles. The summed E-state index contributed by atoms with van der Waals surface area (Å²) in [7, 11) is 1.72. The van der Waals surface area contributed by atoms with E-state index in [-0.39, 0.29) is 0 Å². The van der Waals surface area contributed by atoms with Crippen molar-refractivity contribution in [1.82, 2.24) is 4.98 Å². The van der Waals surface area contributed by atoms with E-state index in [0.717, 1.165) is 9.73 Å². The van der Waals surface area contributed by atoms with Crippen LogP contribution in [0.5, 0.6) is 0 Å². The summed E-state index contributed by atoms with van der Waals surface area (Å²) in [6.07, 6.45) is 0. The molecule has 0 aliphatic rings. The van der Waals surface area contributed by atoms with Gasteiger partial charge in [0.1, 0.15) is 4.60 Å². The zero-order valence-electron chi connectivity index (χ0n) is 8.58. The monoisotopic (exact) mass is 278 g/mol. The topological polar surface area (TPSA) is 34.1 Å². The summed E-state index contributed by atoms with van der Waals surface area (Å²) in [5, 5.41) is 6.26. The van der Waals surface area contributed by atoms with Gasteiger partial charge in [0.15, 0.2) is 5.13 Å². The summed E-state index contributed by atoms with van der Waals surface area (Å²) in [5.74, 6) is 0.526. The Balaban J connectivity index is 2.55. The fourth-order valence-corrected chi connectivity index (χ4v) is 2.27. The highest BCUT2D eigenvalue weighted by molar-refractivity contribution is 9.10. The van der Waals surface area contributed by atoms with Gasteiger partial charge in [0, 0.05) is 12.5 Å². The second-order valence-electron chi connectivity index (χ2n) is 3.43. The van der Waals surface area contributed by atoms with E-state index in [1.165, 1.54) is 0 Å². The standard InChI is InChI=1S/C9H15BrN2OS/c1-6(2)7(4-13-3)11-9-12-8(10)5-14-9/h5-7H,4H2,1-3H3,(H,11,12). The summed E-state index contributed by atoms with van der Waals surface area (Å²) in [6, 6.07) is 0.318. The van der Waals surface area contributed by atoms with Crippen LogP contribution in [0, 0.1) is 5.92 Å². The average molecular weight is 279 g/mol. The molecular formula is C9H15BrN2OS. The van der Waals surface area contributed by atoms with Gasteiger partial charge >= 0.3 is 0 Å². The maximum Gasteiger partial charge on any atom is 0.184 e. The maximum atomic E-state index is 5.15. The largest absolute Gasteiger partial charge is 0.383 e. The summed E-state index contributed by atoms with van der Waals surface area (Å²) in [6.45, 7) is 5.04. The highest BCUT2D eigenvalue weighted by Crippen LogP contribution is 2.21. The van der Waals surface area contributed by atoms with Crippen molar-refractivity contribution in [2.45, 2.75) is 19.9 Å². The number of hydrogen-bond acceptors (Lipinski definition) is 4.